The van der Waals surface area contributed by atoms with Gasteiger partial charge >= 0.3 is 0 Å². The van der Waals surface area contributed by atoms with Crippen LogP contribution in [0.5, 0.6) is 0 Å². The van der Waals surface area contributed by atoms with E-state index in [9.17, 15) is 14.9 Å². The molecule has 1 aliphatic rings. The largest absolute Gasteiger partial charge is 0.309 e. The van der Waals surface area contributed by atoms with Gasteiger partial charge < -0.3 is 15.5 Å². The van der Waals surface area contributed by atoms with Crippen molar-refractivity contribution in [3.8, 4) is 6.07 Å². The molecule has 35 heavy (non-hydrogen) atoms. The number of carbonyl (C=O) groups is 2. The van der Waals surface area contributed by atoms with Crippen LogP contribution in [0.2, 0.25) is 0 Å². The number of nitrogens with zero attached hydrogens (tertiary/aromatic N) is 5. The first kappa shape index (κ1) is 25.9. The van der Waals surface area contributed by atoms with Crippen LogP contribution in [0.25, 0.3) is 5.57 Å². The molecule has 0 aromatic carbocycles. The van der Waals surface area contributed by atoms with Crippen molar-refractivity contribution in [1.29, 1.82) is 5.26 Å². The SMILES string of the molecule is CCc1cnc(NC(=O)C(C)C2(C#N)CC(c3cccnc3)=CN=C2NC(=O)/C=C/CN(C)C)s1. The maximum atomic E-state index is 13.3. The molecule has 2 aromatic rings. The first-order chi connectivity index (χ1) is 16.8. The van der Waals surface area contributed by atoms with Crippen molar-refractivity contribution in [2.24, 2.45) is 16.3 Å². The first-order valence-corrected chi connectivity index (χ1v) is 12.1. The lowest BCUT2D eigenvalue weighted by Crippen LogP contribution is -2.50. The van der Waals surface area contributed by atoms with Crippen LogP contribution in [-0.2, 0) is 16.0 Å². The normalized spacial score (nSPS) is 18.5. The quantitative estimate of drug-likeness (QED) is 0.547. The number of aromatic nitrogens is 2. The number of anilines is 1. The summed E-state index contributed by atoms with van der Waals surface area (Å²) in [6.07, 6.45) is 10.8. The van der Waals surface area contributed by atoms with Crippen molar-refractivity contribution >= 4 is 39.7 Å². The van der Waals surface area contributed by atoms with Gasteiger partial charge in [-0.2, -0.15) is 5.26 Å². The molecule has 2 aromatic heterocycles. The Morgan fingerprint density at radius 1 is 1.34 bits per heavy atom. The van der Waals surface area contributed by atoms with Gasteiger partial charge in [0.05, 0.1) is 12.0 Å². The Kier molecular flexibility index (Phi) is 8.63. The van der Waals surface area contributed by atoms with Gasteiger partial charge in [-0.05, 0) is 37.7 Å². The summed E-state index contributed by atoms with van der Waals surface area (Å²) in [5.41, 5.74) is 0.148. The number of hydrogen-bond acceptors (Lipinski definition) is 8. The Hall–Kier alpha value is -3.68. The van der Waals surface area contributed by atoms with E-state index in [0.29, 0.717) is 11.7 Å². The third-order valence-electron chi connectivity index (χ3n) is 5.72. The van der Waals surface area contributed by atoms with Gasteiger partial charge in [0.1, 0.15) is 11.3 Å². The Bertz CT molecular complexity index is 1190. The molecular weight excluding hydrogens is 462 g/mol. The average Bonchev–Trinajstić information content (AvgIpc) is 3.31. The molecule has 1 aliphatic heterocycles. The highest BCUT2D eigenvalue weighted by Gasteiger charge is 2.48. The number of hydrogen-bond donors (Lipinski definition) is 2. The molecule has 0 bridgehead atoms. The predicted octanol–water partition coefficient (Wildman–Crippen LogP) is 3.26. The van der Waals surface area contributed by atoms with E-state index in [-0.39, 0.29) is 18.2 Å². The fraction of sp³-hybridized carbons (Fsp3) is 0.360. The second-order valence-electron chi connectivity index (χ2n) is 8.48. The van der Waals surface area contributed by atoms with Gasteiger partial charge in [-0.1, -0.05) is 26.0 Å². The van der Waals surface area contributed by atoms with Crippen molar-refractivity contribution in [3.63, 3.8) is 0 Å². The maximum absolute atomic E-state index is 13.3. The van der Waals surface area contributed by atoms with E-state index in [2.05, 4.69) is 31.7 Å². The Labute approximate surface area is 209 Å². The maximum Gasteiger partial charge on any atom is 0.249 e. The highest BCUT2D eigenvalue weighted by Crippen LogP contribution is 2.41. The Morgan fingerprint density at radius 2 is 2.14 bits per heavy atom. The molecule has 2 amide bonds. The molecule has 0 spiro atoms. The molecule has 3 rings (SSSR count). The molecule has 2 N–H and O–H groups in total. The third-order valence-corrected chi connectivity index (χ3v) is 6.78. The molecule has 10 heteroatoms. The number of nitriles is 1. The molecule has 0 fully saturated rings. The molecule has 0 radical (unpaired) electrons. The minimum absolute atomic E-state index is 0.142. The highest BCUT2D eigenvalue weighted by molar-refractivity contribution is 7.15. The summed E-state index contributed by atoms with van der Waals surface area (Å²) in [7, 11) is 3.79. The van der Waals surface area contributed by atoms with Crippen LogP contribution in [0.4, 0.5) is 5.13 Å². The van der Waals surface area contributed by atoms with E-state index < -0.39 is 17.2 Å². The summed E-state index contributed by atoms with van der Waals surface area (Å²) in [6.45, 7) is 4.27. The number of amidine groups is 1. The number of likely N-dealkylation sites (N-methyl/N-ethyl adjacent to an activating group) is 1. The van der Waals surface area contributed by atoms with Gasteiger partial charge in [-0.15, -0.1) is 11.3 Å². The summed E-state index contributed by atoms with van der Waals surface area (Å²) >= 11 is 1.39. The van der Waals surface area contributed by atoms with E-state index in [1.54, 1.807) is 43.9 Å². The van der Waals surface area contributed by atoms with Crippen LogP contribution in [0, 0.1) is 22.7 Å². The van der Waals surface area contributed by atoms with Gasteiger partial charge in [0.15, 0.2) is 5.13 Å². The summed E-state index contributed by atoms with van der Waals surface area (Å²) in [6, 6.07) is 5.98. The zero-order valence-electron chi connectivity index (χ0n) is 20.3. The number of amides is 2. The van der Waals surface area contributed by atoms with Crippen molar-refractivity contribution in [2.75, 3.05) is 26.0 Å². The lowest BCUT2D eigenvalue weighted by Gasteiger charge is -2.35. The molecular formula is C25H29N7O2S. The molecule has 9 nitrogen and oxygen atoms in total. The lowest BCUT2D eigenvalue weighted by molar-refractivity contribution is -0.121. The Morgan fingerprint density at radius 3 is 2.77 bits per heavy atom. The van der Waals surface area contributed by atoms with Gasteiger partial charge in [0.2, 0.25) is 11.8 Å². The number of rotatable bonds is 8. The van der Waals surface area contributed by atoms with Crippen LogP contribution in [0.3, 0.4) is 0 Å². The van der Waals surface area contributed by atoms with E-state index in [1.165, 1.54) is 17.4 Å². The summed E-state index contributed by atoms with van der Waals surface area (Å²) in [5.74, 6) is -1.49. The monoisotopic (exact) mass is 491 g/mol. The number of allylic oxidation sites excluding steroid dienone is 1. The van der Waals surface area contributed by atoms with Crippen LogP contribution < -0.4 is 10.6 Å². The fourth-order valence-electron chi connectivity index (χ4n) is 3.60. The van der Waals surface area contributed by atoms with Crippen LogP contribution in [0.15, 0.2) is 54.1 Å². The van der Waals surface area contributed by atoms with E-state index in [4.69, 9.17) is 0 Å². The van der Waals surface area contributed by atoms with Gasteiger partial charge in [0.25, 0.3) is 0 Å². The lowest BCUT2D eigenvalue weighted by atomic mass is 9.69. The minimum atomic E-state index is -1.40. The van der Waals surface area contributed by atoms with Gasteiger partial charge in [-0.3, -0.25) is 14.6 Å². The van der Waals surface area contributed by atoms with Gasteiger partial charge in [0, 0.05) is 48.7 Å². The average molecular weight is 492 g/mol. The number of aliphatic imine (C=N–C) groups is 1. The molecule has 0 saturated carbocycles. The number of thiazole rings is 1. The second kappa shape index (κ2) is 11.6. The smallest absolute Gasteiger partial charge is 0.249 e. The van der Waals surface area contributed by atoms with Crippen LogP contribution in [-0.4, -0.2) is 53.2 Å². The van der Waals surface area contributed by atoms with Crippen molar-refractivity contribution < 1.29 is 9.59 Å². The molecule has 182 valence electrons. The molecule has 3 heterocycles. The van der Waals surface area contributed by atoms with Gasteiger partial charge in [-0.25, -0.2) is 9.98 Å². The van der Waals surface area contributed by atoms with Crippen LogP contribution >= 0.6 is 11.3 Å². The second-order valence-corrected chi connectivity index (χ2v) is 9.60. The number of pyridine rings is 1. The van der Waals surface area contributed by atoms with E-state index in [1.807, 2.05) is 32.0 Å². The topological polar surface area (TPSA) is 123 Å². The standard InChI is InChI=1S/C25H29N7O2S/c1-5-20-15-29-24(35-20)31-22(34)17(2)25(16-26)12-19(18-8-6-10-27-13-18)14-28-23(25)30-21(33)9-7-11-32(3)4/h6-10,13-15,17H,5,11-12H2,1-4H3,(H,28,30,33)(H,29,31,34)/b9-7+. The Balaban J connectivity index is 1.93. The molecule has 0 saturated heterocycles. The molecule has 2 unspecified atom stereocenters. The summed E-state index contributed by atoms with van der Waals surface area (Å²) in [5, 5.41) is 16.5. The minimum Gasteiger partial charge on any atom is -0.309 e. The predicted molar refractivity (Wildman–Crippen MR) is 137 cm³/mol. The van der Waals surface area contributed by atoms with Crippen molar-refractivity contribution in [1.82, 2.24) is 20.2 Å². The number of carbonyl (C=O) groups excluding carboxylic acids is 2. The number of nitrogens with one attached hydrogen (secondary N) is 2. The molecule has 2 atom stereocenters. The summed E-state index contributed by atoms with van der Waals surface area (Å²) < 4.78 is 0. The molecule has 0 aliphatic carbocycles. The third kappa shape index (κ3) is 6.26. The fourth-order valence-corrected chi connectivity index (χ4v) is 4.36. The first-order valence-electron chi connectivity index (χ1n) is 11.3. The highest BCUT2D eigenvalue weighted by atomic mass is 32.1. The van der Waals surface area contributed by atoms with Crippen molar-refractivity contribution in [3.05, 3.63) is 59.5 Å². The van der Waals surface area contributed by atoms with E-state index >= 15 is 0 Å². The zero-order chi connectivity index (χ0) is 25.4. The number of aryl methyl sites for hydroxylation is 1. The van der Waals surface area contributed by atoms with E-state index in [0.717, 1.165) is 22.4 Å². The van der Waals surface area contributed by atoms with Crippen molar-refractivity contribution in [2.45, 2.75) is 26.7 Å². The van der Waals surface area contributed by atoms with Crippen LogP contribution in [0.1, 0.15) is 30.7 Å². The zero-order valence-corrected chi connectivity index (χ0v) is 21.1. The summed E-state index contributed by atoms with van der Waals surface area (Å²) in [4.78, 5) is 41.7.